The van der Waals surface area contributed by atoms with Gasteiger partial charge in [-0.1, -0.05) is 49.7 Å². The third kappa shape index (κ3) is 5.22. The summed E-state index contributed by atoms with van der Waals surface area (Å²) in [5, 5.41) is 0. The van der Waals surface area contributed by atoms with Crippen LogP contribution in [0.2, 0.25) is 0 Å². The van der Waals surface area contributed by atoms with E-state index in [1.807, 2.05) is 25.1 Å². The van der Waals surface area contributed by atoms with Crippen LogP contribution in [0.15, 0.2) is 76.1 Å². The summed E-state index contributed by atoms with van der Waals surface area (Å²) in [5.41, 5.74) is 3.07. The van der Waals surface area contributed by atoms with E-state index in [1.165, 1.54) is 12.1 Å². The SMILES string of the molecule is CCCc1ccc(OCC(=O)N(c2cccc(C)c2C)S(=O)(=O)c2ccccc2)c(Br)c1. The van der Waals surface area contributed by atoms with Gasteiger partial charge >= 0.3 is 0 Å². The third-order valence-electron chi connectivity index (χ3n) is 5.19. The summed E-state index contributed by atoms with van der Waals surface area (Å²) in [6, 6.07) is 18.9. The number of hydrogen-bond acceptors (Lipinski definition) is 4. The van der Waals surface area contributed by atoms with Gasteiger partial charge in [0.25, 0.3) is 15.9 Å². The van der Waals surface area contributed by atoms with Gasteiger partial charge in [0.15, 0.2) is 6.61 Å². The molecule has 168 valence electrons. The van der Waals surface area contributed by atoms with Gasteiger partial charge in [0.2, 0.25) is 0 Å². The van der Waals surface area contributed by atoms with E-state index < -0.39 is 22.5 Å². The first-order valence-electron chi connectivity index (χ1n) is 10.4. The van der Waals surface area contributed by atoms with Crippen molar-refractivity contribution in [1.29, 1.82) is 0 Å². The van der Waals surface area contributed by atoms with E-state index in [-0.39, 0.29) is 4.90 Å². The van der Waals surface area contributed by atoms with Crippen LogP contribution in [0.4, 0.5) is 5.69 Å². The van der Waals surface area contributed by atoms with Gasteiger partial charge in [-0.05, 0) is 83.2 Å². The van der Waals surface area contributed by atoms with Crippen LogP contribution in [0.5, 0.6) is 5.75 Å². The van der Waals surface area contributed by atoms with Crippen LogP contribution in [0.3, 0.4) is 0 Å². The lowest BCUT2D eigenvalue weighted by Crippen LogP contribution is -2.40. The van der Waals surface area contributed by atoms with E-state index >= 15 is 0 Å². The molecule has 0 fully saturated rings. The van der Waals surface area contributed by atoms with Crippen LogP contribution >= 0.6 is 15.9 Å². The molecule has 3 aromatic carbocycles. The van der Waals surface area contributed by atoms with Crippen LogP contribution in [-0.2, 0) is 21.2 Å². The fraction of sp³-hybridized carbons (Fsp3) is 0.240. The number of anilines is 1. The molecule has 0 saturated heterocycles. The average molecular weight is 516 g/mol. The zero-order valence-corrected chi connectivity index (χ0v) is 20.7. The lowest BCUT2D eigenvalue weighted by atomic mass is 10.1. The lowest BCUT2D eigenvalue weighted by Gasteiger charge is -2.25. The molecule has 0 spiro atoms. The number of hydrogen-bond donors (Lipinski definition) is 0. The zero-order valence-electron chi connectivity index (χ0n) is 18.3. The second kappa shape index (κ2) is 10.3. The second-order valence-electron chi connectivity index (χ2n) is 7.50. The Morgan fingerprint density at radius 2 is 1.72 bits per heavy atom. The number of carbonyl (C=O) groups excluding carboxylic acids is 1. The summed E-state index contributed by atoms with van der Waals surface area (Å²) >= 11 is 3.48. The zero-order chi connectivity index (χ0) is 23.3. The molecule has 32 heavy (non-hydrogen) atoms. The molecular formula is C25H26BrNO4S. The first kappa shape index (κ1) is 24.0. The molecule has 0 bridgehead atoms. The smallest absolute Gasteiger partial charge is 0.278 e. The minimum atomic E-state index is -4.13. The summed E-state index contributed by atoms with van der Waals surface area (Å²) in [5.74, 6) is -0.191. The van der Waals surface area contributed by atoms with Crippen molar-refractivity contribution in [2.45, 2.75) is 38.5 Å². The first-order chi connectivity index (χ1) is 15.3. The molecule has 5 nitrogen and oxygen atoms in total. The monoisotopic (exact) mass is 515 g/mol. The van der Waals surface area contributed by atoms with E-state index in [1.54, 1.807) is 43.3 Å². The molecule has 0 aromatic heterocycles. The number of sulfonamides is 1. The Morgan fingerprint density at radius 1 is 1.00 bits per heavy atom. The van der Waals surface area contributed by atoms with Gasteiger partial charge < -0.3 is 4.74 Å². The van der Waals surface area contributed by atoms with Gasteiger partial charge in [-0.25, -0.2) is 8.42 Å². The topological polar surface area (TPSA) is 63.7 Å². The molecule has 0 aliphatic heterocycles. The molecule has 0 saturated carbocycles. The largest absolute Gasteiger partial charge is 0.483 e. The van der Waals surface area contributed by atoms with Crippen molar-refractivity contribution in [3.05, 3.63) is 87.9 Å². The Labute approximate surface area is 198 Å². The lowest BCUT2D eigenvalue weighted by molar-refractivity contribution is -0.119. The van der Waals surface area contributed by atoms with Gasteiger partial charge in [-0.3, -0.25) is 4.79 Å². The average Bonchev–Trinajstić information content (AvgIpc) is 2.77. The molecular weight excluding hydrogens is 490 g/mol. The molecule has 0 atom stereocenters. The standard InChI is InChI=1S/C25H26BrNO4S/c1-4-9-20-14-15-24(22(26)16-20)31-17-25(28)27(23-13-8-10-18(2)19(23)3)32(29,30)21-11-6-5-7-12-21/h5-8,10-16H,4,9,17H2,1-3H3. The van der Waals surface area contributed by atoms with Gasteiger partial charge in [-0.2, -0.15) is 4.31 Å². The summed E-state index contributed by atoms with van der Waals surface area (Å²) in [7, 11) is -4.13. The van der Waals surface area contributed by atoms with E-state index in [2.05, 4.69) is 22.9 Å². The number of nitrogens with zero attached hydrogens (tertiary/aromatic N) is 1. The maximum Gasteiger partial charge on any atom is 0.278 e. The predicted octanol–water partition coefficient (Wildman–Crippen LogP) is 5.82. The molecule has 7 heteroatoms. The normalized spacial score (nSPS) is 11.2. The minimum Gasteiger partial charge on any atom is -0.483 e. The fourth-order valence-corrected chi connectivity index (χ4v) is 5.39. The van der Waals surface area contributed by atoms with Crippen LogP contribution in [0.1, 0.15) is 30.0 Å². The summed E-state index contributed by atoms with van der Waals surface area (Å²) in [6.07, 6.45) is 1.96. The quantitative estimate of drug-likeness (QED) is 0.379. The van der Waals surface area contributed by atoms with E-state index in [9.17, 15) is 13.2 Å². The van der Waals surface area contributed by atoms with E-state index in [0.717, 1.165) is 32.7 Å². The molecule has 1 amide bonds. The molecule has 0 radical (unpaired) electrons. The first-order valence-corrected chi connectivity index (χ1v) is 12.6. The number of ether oxygens (including phenoxy) is 1. The number of amides is 1. The van der Waals surface area contributed by atoms with Crippen molar-refractivity contribution in [3.8, 4) is 5.75 Å². The number of rotatable bonds is 8. The predicted molar refractivity (Wildman–Crippen MR) is 131 cm³/mol. The molecule has 0 unspecified atom stereocenters. The Kier molecular flexibility index (Phi) is 7.74. The highest BCUT2D eigenvalue weighted by molar-refractivity contribution is 9.10. The van der Waals surface area contributed by atoms with Crippen LogP contribution in [0.25, 0.3) is 0 Å². The molecule has 0 heterocycles. The molecule has 3 aromatic rings. The summed E-state index contributed by atoms with van der Waals surface area (Å²) < 4.78 is 34.3. The number of aryl methyl sites for hydroxylation is 2. The fourth-order valence-electron chi connectivity index (χ4n) is 3.36. The van der Waals surface area contributed by atoms with Crippen molar-refractivity contribution < 1.29 is 17.9 Å². The van der Waals surface area contributed by atoms with Gasteiger partial charge in [-0.15, -0.1) is 0 Å². The molecule has 0 N–H and O–H groups in total. The van der Waals surface area contributed by atoms with Crippen molar-refractivity contribution >= 4 is 37.5 Å². The van der Waals surface area contributed by atoms with Crippen molar-refractivity contribution in [2.24, 2.45) is 0 Å². The number of benzene rings is 3. The second-order valence-corrected chi connectivity index (χ2v) is 10.1. The number of carbonyl (C=O) groups is 1. The van der Waals surface area contributed by atoms with Crippen LogP contribution in [0, 0.1) is 13.8 Å². The van der Waals surface area contributed by atoms with Crippen LogP contribution in [-0.4, -0.2) is 20.9 Å². The highest BCUT2D eigenvalue weighted by atomic mass is 79.9. The highest BCUT2D eigenvalue weighted by Crippen LogP contribution is 2.30. The van der Waals surface area contributed by atoms with Crippen molar-refractivity contribution in [1.82, 2.24) is 0 Å². The maximum absolute atomic E-state index is 13.5. The molecule has 0 aliphatic rings. The Hall–Kier alpha value is -2.64. The number of halogens is 1. The van der Waals surface area contributed by atoms with Crippen molar-refractivity contribution in [3.63, 3.8) is 0 Å². The van der Waals surface area contributed by atoms with Crippen LogP contribution < -0.4 is 9.04 Å². The van der Waals surface area contributed by atoms with E-state index in [0.29, 0.717) is 17.0 Å². The maximum atomic E-state index is 13.5. The Bertz CT molecular complexity index is 1210. The van der Waals surface area contributed by atoms with Gasteiger partial charge in [0.05, 0.1) is 15.1 Å². The molecule has 0 aliphatic carbocycles. The highest BCUT2D eigenvalue weighted by Gasteiger charge is 2.32. The van der Waals surface area contributed by atoms with Gasteiger partial charge in [0, 0.05) is 0 Å². The Balaban J connectivity index is 1.95. The van der Waals surface area contributed by atoms with Crippen molar-refractivity contribution in [2.75, 3.05) is 10.9 Å². The Morgan fingerprint density at radius 3 is 2.38 bits per heavy atom. The van der Waals surface area contributed by atoms with Gasteiger partial charge in [0.1, 0.15) is 5.75 Å². The summed E-state index contributed by atoms with van der Waals surface area (Å²) in [4.78, 5) is 13.3. The minimum absolute atomic E-state index is 0.0411. The summed E-state index contributed by atoms with van der Waals surface area (Å²) in [6.45, 7) is 5.36. The third-order valence-corrected chi connectivity index (χ3v) is 7.56. The molecule has 3 rings (SSSR count). The van der Waals surface area contributed by atoms with E-state index in [4.69, 9.17) is 4.74 Å².